The first-order valence-electron chi connectivity index (χ1n) is 11.2. The summed E-state index contributed by atoms with van der Waals surface area (Å²) < 4.78 is 11.4. The molecule has 6 heteroatoms. The summed E-state index contributed by atoms with van der Waals surface area (Å²) in [4.78, 5) is 26.0. The van der Waals surface area contributed by atoms with E-state index in [1.807, 2.05) is 47.4 Å². The summed E-state index contributed by atoms with van der Waals surface area (Å²) in [7, 11) is 0. The van der Waals surface area contributed by atoms with Crippen LogP contribution < -0.4 is 9.47 Å². The lowest BCUT2D eigenvalue weighted by atomic mass is 9.90. The van der Waals surface area contributed by atoms with Crippen LogP contribution in [0.25, 0.3) is 0 Å². The second-order valence-electron chi connectivity index (χ2n) is 9.18. The van der Waals surface area contributed by atoms with E-state index < -0.39 is 11.6 Å². The number of hydrogen-bond donors (Lipinski definition) is 1. The number of hydrogen-bond acceptors (Lipinski definition) is 4. The Bertz CT molecular complexity index is 935. The van der Waals surface area contributed by atoms with Gasteiger partial charge in [0.2, 0.25) is 0 Å². The zero-order valence-corrected chi connectivity index (χ0v) is 19.3. The number of carboxylic acids is 1. The molecule has 0 aromatic heterocycles. The summed E-state index contributed by atoms with van der Waals surface area (Å²) in [5.41, 5.74) is 0.977. The van der Waals surface area contributed by atoms with Crippen LogP contribution in [0, 0.1) is 0 Å². The normalized spacial score (nSPS) is 16.7. The third kappa shape index (κ3) is 6.02. The number of ether oxygens (including phenoxy) is 2. The van der Waals surface area contributed by atoms with Gasteiger partial charge in [-0.15, -0.1) is 0 Å². The molecule has 0 radical (unpaired) electrons. The number of benzene rings is 2. The zero-order chi connectivity index (χ0) is 23.3. The summed E-state index contributed by atoms with van der Waals surface area (Å²) in [5, 5.41) is 9.31. The van der Waals surface area contributed by atoms with Gasteiger partial charge in [-0.1, -0.05) is 38.1 Å². The van der Waals surface area contributed by atoms with Gasteiger partial charge in [0.25, 0.3) is 5.91 Å². The molecule has 0 aliphatic carbocycles. The smallest absolute Gasteiger partial charge is 0.347 e. The van der Waals surface area contributed by atoms with Crippen molar-refractivity contribution in [3.63, 3.8) is 0 Å². The minimum absolute atomic E-state index is 0.0176. The van der Waals surface area contributed by atoms with E-state index in [4.69, 9.17) is 9.47 Å². The molecule has 1 atom stereocenters. The van der Waals surface area contributed by atoms with Crippen molar-refractivity contribution in [2.75, 3.05) is 19.7 Å². The number of nitrogens with zero attached hydrogens (tertiary/aromatic N) is 1. The molecular formula is C26H33NO5. The lowest BCUT2D eigenvalue weighted by Gasteiger charge is -2.33. The predicted octanol–water partition coefficient (Wildman–Crippen LogP) is 4.84. The van der Waals surface area contributed by atoms with Crippen LogP contribution in [0.3, 0.4) is 0 Å². The van der Waals surface area contributed by atoms with Gasteiger partial charge in [-0.2, -0.15) is 0 Å². The van der Waals surface area contributed by atoms with Crippen molar-refractivity contribution in [2.24, 2.45) is 0 Å². The van der Waals surface area contributed by atoms with Gasteiger partial charge in [-0.25, -0.2) is 4.79 Å². The van der Waals surface area contributed by atoms with Crippen LogP contribution in [0.4, 0.5) is 0 Å². The van der Waals surface area contributed by atoms with Crippen molar-refractivity contribution in [2.45, 2.75) is 58.0 Å². The lowest BCUT2D eigenvalue weighted by Crippen LogP contribution is -2.41. The van der Waals surface area contributed by atoms with E-state index >= 15 is 0 Å². The highest BCUT2D eigenvalue weighted by Crippen LogP contribution is 2.30. The van der Waals surface area contributed by atoms with Crippen LogP contribution in [0.15, 0.2) is 48.5 Å². The van der Waals surface area contributed by atoms with Crippen LogP contribution in [-0.2, 0) is 9.59 Å². The van der Waals surface area contributed by atoms with Gasteiger partial charge in [0.05, 0.1) is 0 Å². The Kier molecular flexibility index (Phi) is 7.44. The Morgan fingerprint density at radius 2 is 1.84 bits per heavy atom. The topological polar surface area (TPSA) is 76.1 Å². The fourth-order valence-electron chi connectivity index (χ4n) is 3.83. The van der Waals surface area contributed by atoms with E-state index in [-0.39, 0.29) is 18.4 Å². The predicted molar refractivity (Wildman–Crippen MR) is 123 cm³/mol. The Morgan fingerprint density at radius 1 is 1.12 bits per heavy atom. The van der Waals surface area contributed by atoms with E-state index in [1.165, 1.54) is 19.4 Å². The highest BCUT2D eigenvalue weighted by atomic mass is 16.5. The first kappa shape index (κ1) is 23.6. The molecule has 0 saturated carbocycles. The van der Waals surface area contributed by atoms with Crippen molar-refractivity contribution in [3.8, 4) is 11.5 Å². The molecule has 0 bridgehead atoms. The maximum atomic E-state index is 12.8. The number of rotatable bonds is 8. The van der Waals surface area contributed by atoms with Gasteiger partial charge in [0, 0.05) is 19.0 Å². The standard InChI is InChI=1S/C26H33NO5/c1-18(2)19-10-12-22(13-11-19)31-17-24(28)27-14-6-8-21(16-27)20-7-5-9-23(15-20)32-26(3,4)25(29)30/h5,7,9-13,15,18,21H,6,8,14,16-17H2,1-4H3,(H,29,30)/t21-/m1/s1. The number of piperidine rings is 1. The van der Waals surface area contributed by atoms with Crippen LogP contribution in [-0.4, -0.2) is 47.2 Å². The number of likely N-dealkylation sites (tertiary alicyclic amines) is 1. The molecule has 6 nitrogen and oxygen atoms in total. The molecule has 1 amide bonds. The van der Waals surface area contributed by atoms with E-state index in [2.05, 4.69) is 13.8 Å². The summed E-state index contributed by atoms with van der Waals surface area (Å²) in [6, 6.07) is 15.4. The number of carbonyl (C=O) groups is 2. The molecule has 2 aromatic rings. The summed E-state index contributed by atoms with van der Waals surface area (Å²) >= 11 is 0. The molecule has 32 heavy (non-hydrogen) atoms. The molecule has 172 valence electrons. The van der Waals surface area contributed by atoms with E-state index in [9.17, 15) is 14.7 Å². The van der Waals surface area contributed by atoms with Crippen molar-refractivity contribution in [3.05, 3.63) is 59.7 Å². The highest BCUT2D eigenvalue weighted by Gasteiger charge is 2.30. The number of carbonyl (C=O) groups excluding carboxylic acids is 1. The monoisotopic (exact) mass is 439 g/mol. The minimum atomic E-state index is -1.31. The third-order valence-electron chi connectivity index (χ3n) is 5.90. The Morgan fingerprint density at radius 3 is 2.50 bits per heavy atom. The van der Waals surface area contributed by atoms with Crippen molar-refractivity contribution in [1.29, 1.82) is 0 Å². The molecule has 3 rings (SSSR count). The van der Waals surface area contributed by atoms with Gasteiger partial charge >= 0.3 is 5.97 Å². The largest absolute Gasteiger partial charge is 0.484 e. The van der Waals surface area contributed by atoms with E-state index in [1.54, 1.807) is 6.07 Å². The average molecular weight is 440 g/mol. The molecule has 0 spiro atoms. The molecule has 0 unspecified atom stereocenters. The van der Waals surface area contributed by atoms with Crippen LogP contribution >= 0.6 is 0 Å². The Hall–Kier alpha value is -3.02. The molecule has 1 heterocycles. The second-order valence-corrected chi connectivity index (χ2v) is 9.18. The number of aliphatic carboxylic acids is 1. The van der Waals surface area contributed by atoms with Crippen molar-refractivity contribution in [1.82, 2.24) is 4.90 Å². The molecule has 1 aliphatic rings. The van der Waals surface area contributed by atoms with Gasteiger partial charge in [0.1, 0.15) is 11.5 Å². The maximum absolute atomic E-state index is 12.8. The number of carboxylic acid groups (broad SMARTS) is 1. The zero-order valence-electron chi connectivity index (χ0n) is 19.3. The lowest BCUT2D eigenvalue weighted by molar-refractivity contribution is -0.152. The molecule has 1 aliphatic heterocycles. The molecule has 2 aromatic carbocycles. The molecule has 1 fully saturated rings. The van der Waals surface area contributed by atoms with Gasteiger partial charge in [-0.05, 0) is 68.0 Å². The average Bonchev–Trinajstić information content (AvgIpc) is 2.77. The third-order valence-corrected chi connectivity index (χ3v) is 5.90. The molecule has 1 N–H and O–H groups in total. The first-order valence-corrected chi connectivity index (χ1v) is 11.2. The van der Waals surface area contributed by atoms with Gasteiger partial charge < -0.3 is 19.5 Å². The van der Waals surface area contributed by atoms with Crippen molar-refractivity contribution >= 4 is 11.9 Å². The van der Waals surface area contributed by atoms with E-state index in [0.29, 0.717) is 30.5 Å². The first-order chi connectivity index (χ1) is 15.2. The second kappa shape index (κ2) is 10.1. The van der Waals surface area contributed by atoms with Crippen LogP contribution in [0.5, 0.6) is 11.5 Å². The fourth-order valence-corrected chi connectivity index (χ4v) is 3.83. The Balaban J connectivity index is 1.59. The minimum Gasteiger partial charge on any atom is -0.484 e. The quantitative estimate of drug-likeness (QED) is 0.637. The summed E-state index contributed by atoms with van der Waals surface area (Å²) in [6.07, 6.45) is 1.87. The van der Waals surface area contributed by atoms with E-state index in [0.717, 1.165) is 18.4 Å². The van der Waals surface area contributed by atoms with Crippen LogP contribution in [0.2, 0.25) is 0 Å². The maximum Gasteiger partial charge on any atom is 0.347 e. The van der Waals surface area contributed by atoms with Gasteiger partial charge in [-0.3, -0.25) is 4.79 Å². The number of amides is 1. The summed E-state index contributed by atoms with van der Waals surface area (Å²) in [6.45, 7) is 8.68. The SMILES string of the molecule is CC(C)c1ccc(OCC(=O)N2CCC[C@@H](c3cccc(OC(C)(C)C(=O)O)c3)C2)cc1. The molecule has 1 saturated heterocycles. The summed E-state index contributed by atoms with van der Waals surface area (Å²) in [5.74, 6) is 0.802. The Labute approximate surface area is 190 Å². The van der Waals surface area contributed by atoms with Crippen LogP contribution in [0.1, 0.15) is 63.5 Å². The van der Waals surface area contributed by atoms with Crippen molar-refractivity contribution < 1.29 is 24.2 Å². The van der Waals surface area contributed by atoms with Gasteiger partial charge in [0.15, 0.2) is 12.2 Å². The fraction of sp³-hybridized carbons (Fsp3) is 0.462. The molecular weight excluding hydrogens is 406 g/mol. The highest BCUT2D eigenvalue weighted by molar-refractivity contribution is 5.78.